The van der Waals surface area contributed by atoms with Gasteiger partial charge in [0.2, 0.25) is 0 Å². The van der Waals surface area contributed by atoms with E-state index in [2.05, 4.69) is 12.1 Å². The van der Waals surface area contributed by atoms with E-state index in [0.717, 1.165) is 0 Å². The van der Waals surface area contributed by atoms with Crippen molar-refractivity contribution in [2.75, 3.05) is 0 Å². The molecule has 0 amide bonds. The summed E-state index contributed by atoms with van der Waals surface area (Å²) in [6.07, 6.45) is 0. The molecule has 0 heterocycles. The Labute approximate surface area is 70.8 Å². The second-order valence-electron chi connectivity index (χ2n) is 2.36. The Kier molecular flexibility index (Phi) is 2.49. The smallest absolute Gasteiger partial charge is 0.423 e. The van der Waals surface area contributed by atoms with Crippen LogP contribution >= 0.6 is 0 Å². The second-order valence-corrected chi connectivity index (χ2v) is 2.36. The molecule has 1 aromatic rings. The van der Waals surface area contributed by atoms with Gasteiger partial charge in [-0.15, -0.1) is 0 Å². The summed E-state index contributed by atoms with van der Waals surface area (Å²) in [5.74, 6) is -0.255. The summed E-state index contributed by atoms with van der Waals surface area (Å²) in [5.41, 5.74) is 0.341. The molecule has 0 aliphatic rings. The number of carbonyl (C=O) groups excluding carboxylic acids is 1. The third kappa shape index (κ3) is 1.64. The largest absolute Gasteiger partial charge is 0.489 e. The summed E-state index contributed by atoms with van der Waals surface area (Å²) in [5, 5.41) is 17.6. The van der Waals surface area contributed by atoms with Crippen molar-refractivity contribution in [1.82, 2.24) is 0 Å². The number of Topliss-reactive ketones (excluding diaryl/α,β-unsaturated/α-hetero) is 1. The van der Waals surface area contributed by atoms with Crippen LogP contribution in [-0.4, -0.2) is 22.9 Å². The van der Waals surface area contributed by atoms with Crippen molar-refractivity contribution in [2.45, 2.75) is 6.92 Å². The summed E-state index contributed by atoms with van der Waals surface area (Å²) in [7, 11) is -1.63. The highest BCUT2D eigenvalue weighted by Crippen LogP contribution is 1.92. The van der Waals surface area contributed by atoms with Crippen LogP contribution in [-0.2, 0) is 0 Å². The lowest BCUT2D eigenvalue weighted by Gasteiger charge is -2.00. The van der Waals surface area contributed by atoms with Crippen molar-refractivity contribution >= 4 is 18.4 Å². The Balaban J connectivity index is 3.17. The lowest BCUT2D eigenvalue weighted by Crippen LogP contribution is -2.33. The van der Waals surface area contributed by atoms with Crippen LogP contribution in [0.25, 0.3) is 0 Å². The van der Waals surface area contributed by atoms with Crippen LogP contribution in [0.1, 0.15) is 17.3 Å². The van der Waals surface area contributed by atoms with Gasteiger partial charge in [-0.1, -0.05) is 18.2 Å². The van der Waals surface area contributed by atoms with Crippen LogP contribution in [0.3, 0.4) is 0 Å². The minimum atomic E-state index is -1.63. The molecule has 4 heteroatoms. The van der Waals surface area contributed by atoms with Crippen molar-refractivity contribution in [2.24, 2.45) is 0 Å². The Morgan fingerprint density at radius 2 is 2.25 bits per heavy atom. The van der Waals surface area contributed by atoms with Gasteiger partial charge in [0.05, 0.1) is 5.56 Å². The lowest BCUT2D eigenvalue weighted by atomic mass is 9.77. The monoisotopic (exact) mass is 162 g/mol. The molecule has 0 atom stereocenters. The van der Waals surface area contributed by atoms with Gasteiger partial charge in [-0.05, 0) is 13.0 Å². The molecule has 0 aromatic heterocycles. The molecule has 1 rings (SSSR count). The second kappa shape index (κ2) is 3.39. The van der Waals surface area contributed by atoms with E-state index >= 15 is 0 Å². The maximum Gasteiger partial charge on any atom is 0.489 e. The van der Waals surface area contributed by atoms with E-state index < -0.39 is 7.12 Å². The maximum absolute atomic E-state index is 10.9. The molecule has 1 aromatic carbocycles. The summed E-state index contributed by atoms with van der Waals surface area (Å²) >= 11 is 0. The van der Waals surface area contributed by atoms with Crippen LogP contribution < -0.4 is 5.46 Å². The Bertz CT molecular complexity index is 296. The number of hydrogen-bond acceptors (Lipinski definition) is 3. The van der Waals surface area contributed by atoms with Crippen molar-refractivity contribution < 1.29 is 14.8 Å². The van der Waals surface area contributed by atoms with Gasteiger partial charge >= 0.3 is 7.12 Å². The van der Waals surface area contributed by atoms with E-state index in [9.17, 15) is 4.79 Å². The zero-order valence-corrected chi connectivity index (χ0v) is 6.53. The Morgan fingerprint density at radius 3 is 2.67 bits per heavy atom. The normalized spacial score (nSPS) is 8.92. The third-order valence-corrected chi connectivity index (χ3v) is 1.46. The van der Waals surface area contributed by atoms with Gasteiger partial charge in [-0.2, -0.15) is 0 Å². The lowest BCUT2D eigenvalue weighted by molar-refractivity contribution is 0.101. The average molecular weight is 162 g/mol. The standard InChI is InChI=1S/C8H7BO3/c1-6(10)7-4-2-3-5-8(7)9(11)12/h3,5,11-12H,1H3. The van der Waals surface area contributed by atoms with E-state index in [1.165, 1.54) is 19.1 Å². The molecular formula is C8H7BO3. The molecule has 3 nitrogen and oxygen atoms in total. The maximum atomic E-state index is 10.9. The van der Waals surface area contributed by atoms with Gasteiger partial charge in [0.1, 0.15) is 0 Å². The minimum absolute atomic E-state index is 0.168. The number of rotatable bonds is 2. The van der Waals surface area contributed by atoms with E-state index in [-0.39, 0.29) is 16.8 Å². The van der Waals surface area contributed by atoms with Crippen LogP contribution in [0.5, 0.6) is 0 Å². The molecule has 0 saturated carbocycles. The average Bonchev–Trinajstić information content (AvgIpc) is 2.04. The van der Waals surface area contributed by atoms with Crippen molar-refractivity contribution in [3.8, 4) is 0 Å². The summed E-state index contributed by atoms with van der Waals surface area (Å²) in [4.78, 5) is 10.9. The fourth-order valence-electron chi connectivity index (χ4n) is 0.907. The Hall–Kier alpha value is -1.31. The van der Waals surface area contributed by atoms with Gasteiger partial charge in [0.15, 0.2) is 5.78 Å². The van der Waals surface area contributed by atoms with Gasteiger partial charge in [-0.25, -0.2) is 0 Å². The zero-order valence-electron chi connectivity index (χ0n) is 6.53. The van der Waals surface area contributed by atoms with E-state index in [0.29, 0.717) is 0 Å². The fourth-order valence-corrected chi connectivity index (χ4v) is 0.907. The first-order valence-electron chi connectivity index (χ1n) is 3.42. The predicted molar refractivity (Wildman–Crippen MR) is 43.9 cm³/mol. The molecule has 0 fully saturated rings. The molecule has 0 unspecified atom stereocenters. The molecule has 60 valence electrons. The van der Waals surface area contributed by atoms with Crippen molar-refractivity contribution in [1.29, 1.82) is 0 Å². The first-order chi connectivity index (χ1) is 5.63. The van der Waals surface area contributed by atoms with Gasteiger partial charge < -0.3 is 10.0 Å². The van der Waals surface area contributed by atoms with E-state index in [1.54, 1.807) is 0 Å². The molecule has 0 bridgehead atoms. The van der Waals surface area contributed by atoms with Crippen molar-refractivity contribution in [3.05, 3.63) is 29.8 Å². The Morgan fingerprint density at radius 1 is 1.58 bits per heavy atom. The van der Waals surface area contributed by atoms with Gasteiger partial charge in [0, 0.05) is 5.46 Å². The highest BCUT2D eigenvalue weighted by Gasteiger charge is 2.17. The van der Waals surface area contributed by atoms with Crippen LogP contribution in [0.4, 0.5) is 0 Å². The fraction of sp³-hybridized carbons (Fsp3) is 0.125. The van der Waals surface area contributed by atoms with Crippen LogP contribution in [0.2, 0.25) is 0 Å². The highest BCUT2D eigenvalue weighted by molar-refractivity contribution is 6.60. The zero-order chi connectivity index (χ0) is 9.14. The van der Waals surface area contributed by atoms with Gasteiger partial charge in [0.25, 0.3) is 0 Å². The topological polar surface area (TPSA) is 57.5 Å². The molecule has 0 radical (unpaired) electrons. The summed E-state index contributed by atoms with van der Waals surface area (Å²) in [6, 6.07) is 7.99. The predicted octanol–water partition coefficient (Wildman–Crippen LogP) is -0.831. The van der Waals surface area contributed by atoms with Gasteiger partial charge in [-0.3, -0.25) is 4.79 Å². The minimum Gasteiger partial charge on any atom is -0.423 e. The van der Waals surface area contributed by atoms with E-state index in [1.807, 2.05) is 0 Å². The number of hydrogen-bond donors (Lipinski definition) is 2. The number of ketones is 1. The molecule has 2 N–H and O–H groups in total. The van der Waals surface area contributed by atoms with Crippen molar-refractivity contribution in [3.63, 3.8) is 0 Å². The first-order valence-corrected chi connectivity index (χ1v) is 3.42. The first kappa shape index (κ1) is 8.79. The molecule has 0 aliphatic heterocycles. The third-order valence-electron chi connectivity index (χ3n) is 1.46. The van der Waals surface area contributed by atoms with E-state index in [4.69, 9.17) is 10.0 Å². The van der Waals surface area contributed by atoms with Crippen LogP contribution in [0.15, 0.2) is 12.1 Å². The molecular weight excluding hydrogens is 155 g/mol. The summed E-state index contributed by atoms with van der Waals surface area (Å²) < 4.78 is 0. The quantitative estimate of drug-likeness (QED) is 0.440. The molecule has 12 heavy (non-hydrogen) atoms. The number of carbonyl (C=O) groups is 1. The summed E-state index contributed by atoms with van der Waals surface area (Å²) in [6.45, 7) is 1.34. The van der Waals surface area contributed by atoms with Crippen LogP contribution in [0, 0.1) is 12.1 Å². The molecule has 0 saturated heterocycles. The highest BCUT2D eigenvalue weighted by atomic mass is 16.4. The SMILES string of the molecule is CC(=O)c1c#cccc1B(O)O. The molecule has 0 aliphatic carbocycles. The molecule has 0 spiro atoms.